The van der Waals surface area contributed by atoms with Crippen molar-refractivity contribution in [2.75, 3.05) is 0 Å². The molecule has 116 valence electrons. The van der Waals surface area contributed by atoms with Crippen LogP contribution in [0.3, 0.4) is 0 Å². The molecule has 2 aromatic rings. The number of carbonyl (C=O) groups excluding carboxylic acids is 1. The van der Waals surface area contributed by atoms with Gasteiger partial charge in [0.1, 0.15) is 6.10 Å². The predicted molar refractivity (Wildman–Crippen MR) is 80.4 cm³/mol. The van der Waals surface area contributed by atoms with Crippen molar-refractivity contribution in [3.05, 3.63) is 40.6 Å². The van der Waals surface area contributed by atoms with E-state index in [0.29, 0.717) is 0 Å². The summed E-state index contributed by atoms with van der Waals surface area (Å²) in [7, 11) is 0. The number of ether oxygens (including phenoxy) is 1. The maximum absolute atomic E-state index is 12.7. The van der Waals surface area contributed by atoms with Crippen LogP contribution in [0.25, 0.3) is 0 Å². The first-order valence-electron chi connectivity index (χ1n) is 7.19. The Hall–Kier alpha value is -2.02. The monoisotopic (exact) mass is 321 g/mol. The molecule has 1 amide bonds. The molecular weight excluding hydrogens is 305 g/mol. The molecule has 1 aliphatic rings. The Kier molecular flexibility index (Phi) is 4.62. The third kappa shape index (κ3) is 3.79. The Morgan fingerprint density at radius 3 is 2.64 bits per heavy atom. The van der Waals surface area contributed by atoms with Crippen LogP contribution in [0.1, 0.15) is 35.4 Å². The standard InChI is InChI=1S/C15H16FN3O2S/c16-10-8-17-15(18-9-10)21-12-5-3-11(4-6-12)19-14(20)13-2-1-7-22-13/h1-2,7-9,11-12H,3-6H2,(H,19,20). The molecule has 0 atom stereocenters. The van der Waals surface area contributed by atoms with Gasteiger partial charge in [0.05, 0.1) is 17.3 Å². The predicted octanol–water partition coefficient (Wildman–Crippen LogP) is 2.80. The van der Waals surface area contributed by atoms with Gasteiger partial charge >= 0.3 is 6.01 Å². The van der Waals surface area contributed by atoms with Crippen molar-refractivity contribution in [3.63, 3.8) is 0 Å². The number of hydrogen-bond acceptors (Lipinski definition) is 5. The zero-order chi connectivity index (χ0) is 15.4. The highest BCUT2D eigenvalue weighted by molar-refractivity contribution is 7.12. The summed E-state index contributed by atoms with van der Waals surface area (Å²) in [5, 5.41) is 4.94. The minimum absolute atomic E-state index is 0.0127. The van der Waals surface area contributed by atoms with Gasteiger partial charge in [-0.25, -0.2) is 14.4 Å². The van der Waals surface area contributed by atoms with Gasteiger partial charge in [0, 0.05) is 6.04 Å². The summed E-state index contributed by atoms with van der Waals surface area (Å²) in [4.78, 5) is 20.3. The van der Waals surface area contributed by atoms with E-state index in [1.807, 2.05) is 17.5 Å². The first-order chi connectivity index (χ1) is 10.7. The van der Waals surface area contributed by atoms with Gasteiger partial charge in [0.15, 0.2) is 5.82 Å². The highest BCUT2D eigenvalue weighted by Crippen LogP contribution is 2.22. The third-order valence-corrected chi connectivity index (χ3v) is 4.49. The molecule has 1 saturated carbocycles. The molecule has 1 fully saturated rings. The zero-order valence-corrected chi connectivity index (χ0v) is 12.7. The average molecular weight is 321 g/mol. The molecule has 0 saturated heterocycles. The van der Waals surface area contributed by atoms with Crippen molar-refractivity contribution >= 4 is 17.2 Å². The number of carbonyl (C=O) groups is 1. The van der Waals surface area contributed by atoms with Crippen LogP contribution >= 0.6 is 11.3 Å². The normalized spacial score (nSPS) is 21.3. The van der Waals surface area contributed by atoms with Gasteiger partial charge in [-0.3, -0.25) is 4.79 Å². The average Bonchev–Trinajstić information content (AvgIpc) is 3.06. The van der Waals surface area contributed by atoms with Crippen molar-refractivity contribution in [2.45, 2.75) is 37.8 Å². The quantitative estimate of drug-likeness (QED) is 0.940. The number of nitrogens with one attached hydrogen (secondary N) is 1. The van der Waals surface area contributed by atoms with Crippen molar-refractivity contribution in [3.8, 4) is 6.01 Å². The SMILES string of the molecule is O=C(NC1CCC(Oc2ncc(F)cn2)CC1)c1cccs1. The Morgan fingerprint density at radius 2 is 2.00 bits per heavy atom. The Balaban J connectivity index is 1.46. The van der Waals surface area contributed by atoms with Gasteiger partial charge in [-0.2, -0.15) is 0 Å². The van der Waals surface area contributed by atoms with E-state index in [1.165, 1.54) is 11.3 Å². The van der Waals surface area contributed by atoms with E-state index in [2.05, 4.69) is 15.3 Å². The molecule has 3 rings (SSSR count). The second-order valence-electron chi connectivity index (χ2n) is 5.23. The lowest BCUT2D eigenvalue weighted by atomic mass is 9.93. The first-order valence-corrected chi connectivity index (χ1v) is 8.07. The summed E-state index contributed by atoms with van der Waals surface area (Å²) in [6, 6.07) is 4.06. The Bertz CT molecular complexity index is 610. The molecule has 1 N–H and O–H groups in total. The molecule has 2 heterocycles. The smallest absolute Gasteiger partial charge is 0.316 e. The summed E-state index contributed by atoms with van der Waals surface area (Å²) in [5.74, 6) is -0.492. The number of amides is 1. The summed E-state index contributed by atoms with van der Waals surface area (Å²) < 4.78 is 18.4. The van der Waals surface area contributed by atoms with Crippen molar-refractivity contribution in [1.29, 1.82) is 0 Å². The largest absolute Gasteiger partial charge is 0.460 e. The lowest BCUT2D eigenvalue weighted by Gasteiger charge is -2.28. The summed E-state index contributed by atoms with van der Waals surface area (Å²) >= 11 is 1.44. The molecule has 0 aromatic carbocycles. The molecule has 0 unspecified atom stereocenters. The van der Waals surface area contributed by atoms with E-state index in [-0.39, 0.29) is 24.1 Å². The molecule has 0 bridgehead atoms. The highest BCUT2D eigenvalue weighted by Gasteiger charge is 2.24. The fraction of sp³-hybridized carbons (Fsp3) is 0.400. The number of thiophene rings is 1. The van der Waals surface area contributed by atoms with Crippen LogP contribution in [0.4, 0.5) is 4.39 Å². The Morgan fingerprint density at radius 1 is 1.27 bits per heavy atom. The van der Waals surface area contributed by atoms with Gasteiger partial charge in [0.25, 0.3) is 5.91 Å². The van der Waals surface area contributed by atoms with Crippen LogP contribution in [0.2, 0.25) is 0 Å². The van der Waals surface area contributed by atoms with Crippen molar-refractivity contribution < 1.29 is 13.9 Å². The van der Waals surface area contributed by atoms with Gasteiger partial charge in [0.2, 0.25) is 0 Å². The maximum atomic E-state index is 12.7. The first kappa shape index (κ1) is 14.9. The molecule has 0 aliphatic heterocycles. The number of aromatic nitrogens is 2. The van der Waals surface area contributed by atoms with Crippen LogP contribution in [-0.2, 0) is 0 Å². The lowest BCUT2D eigenvalue weighted by Crippen LogP contribution is -2.39. The number of hydrogen-bond donors (Lipinski definition) is 1. The van der Waals surface area contributed by atoms with E-state index in [4.69, 9.17) is 4.74 Å². The summed E-state index contributed by atoms with van der Waals surface area (Å²) in [6.07, 6.45) is 5.53. The number of halogens is 1. The van der Waals surface area contributed by atoms with E-state index in [9.17, 15) is 9.18 Å². The van der Waals surface area contributed by atoms with Crippen molar-refractivity contribution in [1.82, 2.24) is 15.3 Å². The molecule has 5 nitrogen and oxygen atoms in total. The lowest BCUT2D eigenvalue weighted by molar-refractivity contribution is 0.0889. The van der Waals surface area contributed by atoms with E-state index in [1.54, 1.807) is 0 Å². The fourth-order valence-corrected chi connectivity index (χ4v) is 3.13. The molecule has 2 aromatic heterocycles. The topological polar surface area (TPSA) is 64.1 Å². The second-order valence-corrected chi connectivity index (χ2v) is 6.17. The molecular formula is C15H16FN3O2S. The minimum atomic E-state index is -0.479. The maximum Gasteiger partial charge on any atom is 0.316 e. The summed E-state index contributed by atoms with van der Waals surface area (Å²) in [6.45, 7) is 0. The number of rotatable bonds is 4. The fourth-order valence-electron chi connectivity index (χ4n) is 2.50. The van der Waals surface area contributed by atoms with Crippen LogP contribution in [-0.4, -0.2) is 28.0 Å². The second kappa shape index (κ2) is 6.83. The van der Waals surface area contributed by atoms with Crippen molar-refractivity contribution in [2.24, 2.45) is 0 Å². The number of nitrogens with zero attached hydrogens (tertiary/aromatic N) is 2. The van der Waals surface area contributed by atoms with E-state index in [0.717, 1.165) is 43.0 Å². The van der Waals surface area contributed by atoms with Crippen LogP contribution < -0.4 is 10.1 Å². The van der Waals surface area contributed by atoms with E-state index >= 15 is 0 Å². The van der Waals surface area contributed by atoms with Crippen LogP contribution in [0, 0.1) is 5.82 Å². The van der Waals surface area contributed by atoms with E-state index < -0.39 is 5.82 Å². The van der Waals surface area contributed by atoms with Gasteiger partial charge in [-0.15, -0.1) is 11.3 Å². The van der Waals surface area contributed by atoms with Gasteiger partial charge in [-0.05, 0) is 37.1 Å². The molecule has 1 aliphatic carbocycles. The summed E-state index contributed by atoms with van der Waals surface area (Å²) in [5.41, 5.74) is 0. The minimum Gasteiger partial charge on any atom is -0.460 e. The zero-order valence-electron chi connectivity index (χ0n) is 11.9. The third-order valence-electron chi connectivity index (χ3n) is 3.62. The molecule has 0 spiro atoms. The highest BCUT2D eigenvalue weighted by atomic mass is 32.1. The molecule has 22 heavy (non-hydrogen) atoms. The molecule has 7 heteroatoms. The van der Waals surface area contributed by atoms with Crippen LogP contribution in [0.5, 0.6) is 6.01 Å². The van der Waals surface area contributed by atoms with Gasteiger partial charge in [-0.1, -0.05) is 6.07 Å². The Labute approximate surface area is 131 Å². The molecule has 0 radical (unpaired) electrons. The van der Waals surface area contributed by atoms with Gasteiger partial charge < -0.3 is 10.1 Å². The van der Waals surface area contributed by atoms with Crippen LogP contribution in [0.15, 0.2) is 29.9 Å².